The molecular weight excluding hydrogens is 272 g/mol. The van der Waals surface area contributed by atoms with Gasteiger partial charge in [-0.25, -0.2) is 15.8 Å². The molecule has 0 fully saturated rings. The number of nitrogens with zero attached hydrogens (tertiary/aromatic N) is 2. The van der Waals surface area contributed by atoms with Gasteiger partial charge in [-0.05, 0) is 13.3 Å². The normalized spacial score (nSPS) is 11.8. The minimum absolute atomic E-state index is 0.120. The highest BCUT2D eigenvalue weighted by atomic mass is 16.5. The number of hydrazine groups is 1. The van der Waals surface area contributed by atoms with E-state index < -0.39 is 6.04 Å². The summed E-state index contributed by atoms with van der Waals surface area (Å²) in [6, 6.07) is 1.25. The van der Waals surface area contributed by atoms with Crippen LogP contribution < -0.4 is 21.9 Å². The quantitative estimate of drug-likeness (QED) is 0.294. The van der Waals surface area contributed by atoms with Gasteiger partial charge in [-0.3, -0.25) is 4.79 Å². The molecule has 1 rings (SSSR count). The Labute approximate surface area is 124 Å². The number of anilines is 2. The highest BCUT2D eigenvalue weighted by Crippen LogP contribution is 2.12. The number of hydrogen-bond donors (Lipinski definition) is 4. The van der Waals surface area contributed by atoms with Crippen LogP contribution in [0, 0.1) is 0 Å². The number of amides is 1. The summed E-state index contributed by atoms with van der Waals surface area (Å²) in [5.74, 6) is 7.04. The van der Waals surface area contributed by atoms with E-state index in [2.05, 4.69) is 26.0 Å². The molecule has 0 bridgehead atoms. The molecule has 1 heterocycles. The van der Waals surface area contributed by atoms with E-state index in [-0.39, 0.29) is 5.91 Å². The van der Waals surface area contributed by atoms with Crippen molar-refractivity contribution in [2.75, 3.05) is 31.0 Å². The Hall–Kier alpha value is -1.93. The maximum Gasteiger partial charge on any atom is 0.242 e. The number of methoxy groups -OCH3 is 1. The van der Waals surface area contributed by atoms with Crippen LogP contribution in [0.2, 0.25) is 0 Å². The third-order valence-electron chi connectivity index (χ3n) is 2.76. The van der Waals surface area contributed by atoms with Crippen molar-refractivity contribution in [2.24, 2.45) is 5.84 Å². The fraction of sp³-hybridized carbons (Fsp3) is 0.615. The highest BCUT2D eigenvalue weighted by Gasteiger charge is 2.13. The van der Waals surface area contributed by atoms with Gasteiger partial charge in [0.15, 0.2) is 0 Å². The van der Waals surface area contributed by atoms with Crippen molar-refractivity contribution < 1.29 is 9.53 Å². The molecule has 0 spiro atoms. The second-order valence-electron chi connectivity index (χ2n) is 4.60. The van der Waals surface area contributed by atoms with Crippen molar-refractivity contribution in [2.45, 2.75) is 32.7 Å². The average molecular weight is 296 g/mol. The van der Waals surface area contributed by atoms with Crippen LogP contribution in [0.15, 0.2) is 6.07 Å². The lowest BCUT2D eigenvalue weighted by atomic mass is 10.3. The molecule has 0 saturated carbocycles. The second kappa shape index (κ2) is 9.09. The first-order valence-corrected chi connectivity index (χ1v) is 6.98. The molecule has 0 radical (unpaired) electrons. The summed E-state index contributed by atoms with van der Waals surface area (Å²) in [6.07, 6.45) is 1.68. The van der Waals surface area contributed by atoms with Crippen molar-refractivity contribution in [3.63, 3.8) is 0 Å². The Morgan fingerprint density at radius 1 is 1.43 bits per heavy atom. The Bertz CT molecular complexity index is 454. The van der Waals surface area contributed by atoms with Crippen LogP contribution >= 0.6 is 0 Å². The molecule has 1 unspecified atom stereocenters. The van der Waals surface area contributed by atoms with E-state index in [1.807, 2.05) is 6.92 Å². The standard InChI is InChI=1S/C13H24N6O2/c1-4-5-10-17-11(8-12(18-10)19-14)16-9(2)13(20)15-6-7-21-3/h8-9H,4-7,14H2,1-3H3,(H,15,20)(H2,16,17,18,19). The lowest BCUT2D eigenvalue weighted by Gasteiger charge is -2.15. The van der Waals surface area contributed by atoms with E-state index >= 15 is 0 Å². The van der Waals surface area contributed by atoms with E-state index in [9.17, 15) is 4.79 Å². The van der Waals surface area contributed by atoms with Gasteiger partial charge in [0.25, 0.3) is 0 Å². The number of ether oxygens (including phenoxy) is 1. The van der Waals surface area contributed by atoms with E-state index in [0.29, 0.717) is 30.6 Å². The highest BCUT2D eigenvalue weighted by molar-refractivity contribution is 5.83. The number of rotatable bonds is 9. The Balaban J connectivity index is 2.67. The summed E-state index contributed by atoms with van der Waals surface area (Å²) in [4.78, 5) is 20.5. The molecule has 0 aliphatic rings. The predicted molar refractivity (Wildman–Crippen MR) is 81.8 cm³/mol. The third kappa shape index (κ3) is 5.92. The van der Waals surface area contributed by atoms with Crippen LogP contribution in [0.3, 0.4) is 0 Å². The molecule has 21 heavy (non-hydrogen) atoms. The number of carbonyl (C=O) groups is 1. The number of aryl methyl sites for hydroxylation is 1. The summed E-state index contributed by atoms with van der Waals surface area (Å²) < 4.78 is 4.89. The van der Waals surface area contributed by atoms with E-state index in [0.717, 1.165) is 12.8 Å². The molecule has 1 atom stereocenters. The van der Waals surface area contributed by atoms with Crippen molar-refractivity contribution in [3.8, 4) is 0 Å². The molecule has 8 heteroatoms. The number of nitrogen functional groups attached to an aromatic ring is 1. The molecular formula is C13H24N6O2. The van der Waals surface area contributed by atoms with Crippen LogP contribution in [0.5, 0.6) is 0 Å². The van der Waals surface area contributed by atoms with Crippen LogP contribution in [0.1, 0.15) is 26.1 Å². The zero-order valence-electron chi connectivity index (χ0n) is 12.8. The molecule has 1 amide bonds. The Morgan fingerprint density at radius 3 is 2.76 bits per heavy atom. The lowest BCUT2D eigenvalue weighted by molar-refractivity contribution is -0.121. The van der Waals surface area contributed by atoms with Gasteiger partial charge in [-0.15, -0.1) is 0 Å². The average Bonchev–Trinajstić information content (AvgIpc) is 2.47. The summed E-state index contributed by atoms with van der Waals surface area (Å²) in [6.45, 7) is 4.76. The summed E-state index contributed by atoms with van der Waals surface area (Å²) in [5.41, 5.74) is 2.50. The van der Waals surface area contributed by atoms with Crippen LogP contribution in [-0.4, -0.2) is 42.2 Å². The maximum atomic E-state index is 11.9. The van der Waals surface area contributed by atoms with Gasteiger partial charge < -0.3 is 20.8 Å². The van der Waals surface area contributed by atoms with Gasteiger partial charge in [-0.2, -0.15) is 0 Å². The number of carbonyl (C=O) groups excluding carboxylic acids is 1. The van der Waals surface area contributed by atoms with Crippen molar-refractivity contribution in [1.29, 1.82) is 0 Å². The predicted octanol–water partition coefficient (Wildman–Crippen LogP) is 0.278. The zero-order chi connectivity index (χ0) is 15.7. The minimum Gasteiger partial charge on any atom is -0.383 e. The molecule has 0 aliphatic carbocycles. The topological polar surface area (TPSA) is 114 Å². The number of nitrogens with one attached hydrogen (secondary N) is 3. The Morgan fingerprint density at radius 2 is 2.14 bits per heavy atom. The summed E-state index contributed by atoms with van der Waals surface area (Å²) in [5, 5.41) is 5.80. The van der Waals surface area contributed by atoms with Crippen LogP contribution in [-0.2, 0) is 16.0 Å². The Kier molecular flexibility index (Phi) is 7.41. The lowest BCUT2D eigenvalue weighted by Crippen LogP contribution is -2.39. The molecule has 0 aromatic carbocycles. The first kappa shape index (κ1) is 17.1. The van der Waals surface area contributed by atoms with Gasteiger partial charge in [0.2, 0.25) is 5.91 Å². The van der Waals surface area contributed by atoms with Crippen molar-refractivity contribution >= 4 is 17.5 Å². The number of hydrogen-bond acceptors (Lipinski definition) is 7. The maximum absolute atomic E-state index is 11.9. The van der Waals surface area contributed by atoms with Crippen molar-refractivity contribution in [1.82, 2.24) is 15.3 Å². The van der Waals surface area contributed by atoms with E-state index in [1.54, 1.807) is 20.1 Å². The van der Waals surface area contributed by atoms with Gasteiger partial charge >= 0.3 is 0 Å². The van der Waals surface area contributed by atoms with Crippen molar-refractivity contribution in [3.05, 3.63) is 11.9 Å². The number of aromatic nitrogens is 2. The zero-order valence-corrected chi connectivity index (χ0v) is 12.8. The first-order chi connectivity index (χ1) is 10.1. The largest absolute Gasteiger partial charge is 0.383 e. The molecule has 8 nitrogen and oxygen atoms in total. The summed E-state index contributed by atoms with van der Waals surface area (Å²) in [7, 11) is 1.59. The van der Waals surface area contributed by atoms with Crippen LogP contribution in [0.4, 0.5) is 11.6 Å². The fourth-order valence-corrected chi connectivity index (χ4v) is 1.70. The molecule has 0 saturated heterocycles. The molecule has 5 N–H and O–H groups in total. The fourth-order valence-electron chi connectivity index (χ4n) is 1.70. The smallest absolute Gasteiger partial charge is 0.242 e. The van der Waals surface area contributed by atoms with Gasteiger partial charge in [-0.1, -0.05) is 6.92 Å². The molecule has 0 aliphatic heterocycles. The van der Waals surface area contributed by atoms with Gasteiger partial charge in [0.1, 0.15) is 23.5 Å². The second-order valence-corrected chi connectivity index (χ2v) is 4.60. The van der Waals surface area contributed by atoms with Gasteiger partial charge in [0, 0.05) is 26.1 Å². The minimum atomic E-state index is -0.420. The monoisotopic (exact) mass is 296 g/mol. The summed E-state index contributed by atoms with van der Waals surface area (Å²) >= 11 is 0. The van der Waals surface area contributed by atoms with Crippen LogP contribution in [0.25, 0.3) is 0 Å². The molecule has 118 valence electrons. The molecule has 1 aromatic rings. The van der Waals surface area contributed by atoms with E-state index in [4.69, 9.17) is 10.6 Å². The number of nitrogens with two attached hydrogens (primary N) is 1. The SMILES string of the molecule is CCCc1nc(NN)cc(NC(C)C(=O)NCCOC)n1. The van der Waals surface area contributed by atoms with Gasteiger partial charge in [0.05, 0.1) is 6.61 Å². The molecule has 1 aromatic heterocycles. The van der Waals surface area contributed by atoms with E-state index in [1.165, 1.54) is 0 Å². The first-order valence-electron chi connectivity index (χ1n) is 6.98. The third-order valence-corrected chi connectivity index (χ3v) is 2.76.